The van der Waals surface area contributed by atoms with Gasteiger partial charge in [-0.2, -0.15) is 0 Å². The van der Waals surface area contributed by atoms with Gasteiger partial charge in [-0.3, -0.25) is 4.79 Å². The summed E-state index contributed by atoms with van der Waals surface area (Å²) in [6.45, 7) is 11.6. The maximum Gasteiger partial charge on any atom is 0.327 e. The van der Waals surface area contributed by atoms with Gasteiger partial charge in [-0.1, -0.05) is 105 Å². The summed E-state index contributed by atoms with van der Waals surface area (Å²) in [5, 5.41) is 3.17. The summed E-state index contributed by atoms with van der Waals surface area (Å²) in [7, 11) is 0. The fourth-order valence-electron chi connectivity index (χ4n) is 5.65. The molecule has 2 heterocycles. The Morgan fingerprint density at radius 2 is 1.47 bits per heavy atom. The lowest BCUT2D eigenvalue weighted by Crippen LogP contribution is -3.00. The molecule has 6 heteroatoms. The largest absolute Gasteiger partial charge is 1.00 e. The van der Waals surface area contributed by atoms with Crippen molar-refractivity contribution in [3.05, 3.63) is 0 Å². The van der Waals surface area contributed by atoms with Gasteiger partial charge in [0.15, 0.2) is 0 Å². The molecule has 0 saturated carbocycles. The van der Waals surface area contributed by atoms with Crippen LogP contribution in [0.15, 0.2) is 0 Å². The second-order valence-corrected chi connectivity index (χ2v) is 11.0. The van der Waals surface area contributed by atoms with E-state index in [2.05, 4.69) is 33.0 Å². The number of rotatable bonds is 20. The fourth-order valence-corrected chi connectivity index (χ4v) is 5.65. The maximum atomic E-state index is 12.6. The number of morpholine rings is 1. The molecule has 3 unspecified atom stereocenters. The predicted molar refractivity (Wildman–Crippen MR) is 136 cm³/mol. The van der Waals surface area contributed by atoms with Gasteiger partial charge in [-0.15, -0.1) is 9.48 Å². The van der Waals surface area contributed by atoms with Crippen LogP contribution >= 0.6 is 0 Å². The molecule has 2 fully saturated rings. The maximum absolute atomic E-state index is 12.6. The number of fused-ring (bicyclic) bond motifs is 1. The topological polar surface area (TPSA) is 50.9 Å². The zero-order chi connectivity index (χ0) is 24.0. The number of halogens is 1. The van der Waals surface area contributed by atoms with E-state index in [-0.39, 0.29) is 30.3 Å². The first-order chi connectivity index (χ1) is 16.0. The fraction of sp³-hybridized carbons (Fsp3) is 0.964. The van der Waals surface area contributed by atoms with Gasteiger partial charge < -0.3 is 22.5 Å². The number of unbranched alkanes of at least 4 members (excludes halogenated alkanes) is 11. The predicted octanol–water partition coefficient (Wildman–Crippen LogP) is 4.25. The van der Waals surface area contributed by atoms with Crippen molar-refractivity contribution in [1.29, 1.82) is 0 Å². The average molecular weight is 503 g/mol. The number of ether oxygens (including phenoxy) is 1. The third kappa shape index (κ3) is 9.95. The standard InChI is InChI=1S/C28H54N2O3.ClH/c1-5-21-28-27(32-24-23-30(28,33-28)22-6-2)29-26(31)20-18-16-14-12-10-8-7-9-11-13-15-17-19-25(3)4;/h25,27H,5-24H2,1-4H3;1H. The Bertz CT molecular complexity index is 544. The zero-order valence-corrected chi connectivity index (χ0v) is 23.6. The second kappa shape index (κ2) is 17.2. The van der Waals surface area contributed by atoms with E-state index in [1.807, 2.05) is 0 Å². The van der Waals surface area contributed by atoms with Crippen LogP contribution in [0, 0.1) is 5.92 Å². The van der Waals surface area contributed by atoms with Crippen LogP contribution in [0.4, 0.5) is 0 Å². The van der Waals surface area contributed by atoms with Gasteiger partial charge in [0.2, 0.25) is 12.1 Å². The third-order valence-corrected chi connectivity index (χ3v) is 7.56. The van der Waals surface area contributed by atoms with E-state index >= 15 is 0 Å². The summed E-state index contributed by atoms with van der Waals surface area (Å²) < 4.78 is 6.67. The minimum Gasteiger partial charge on any atom is -1.00 e. The molecule has 2 saturated heterocycles. The number of carbonyl (C=O) groups excluding carboxylic acids is 1. The highest BCUT2D eigenvalue weighted by molar-refractivity contribution is 5.76. The number of hydrogen-bond acceptors (Lipinski definition) is 3. The van der Waals surface area contributed by atoms with Crippen molar-refractivity contribution in [3.8, 4) is 0 Å². The SMILES string of the molecule is CCCC12O[N+]1(CCC)CCOC2NC(=O)CCCCCCCCCCCCCCC(C)C.[Cl-]. The quantitative estimate of drug-likeness (QED) is 0.154. The summed E-state index contributed by atoms with van der Waals surface area (Å²) in [4.78, 5) is 18.8. The zero-order valence-electron chi connectivity index (χ0n) is 22.8. The van der Waals surface area contributed by atoms with Gasteiger partial charge >= 0.3 is 5.72 Å². The third-order valence-electron chi connectivity index (χ3n) is 7.56. The molecule has 0 aromatic heterocycles. The van der Waals surface area contributed by atoms with E-state index < -0.39 is 0 Å². The molecule has 0 spiro atoms. The summed E-state index contributed by atoms with van der Waals surface area (Å²) in [6.07, 6.45) is 20.7. The molecule has 0 aliphatic carbocycles. The van der Waals surface area contributed by atoms with Crippen LogP contribution in [0.1, 0.15) is 137 Å². The molecule has 5 nitrogen and oxygen atoms in total. The molecular formula is C28H55ClN2O3. The average Bonchev–Trinajstić information content (AvgIpc) is 3.43. The van der Waals surface area contributed by atoms with E-state index in [1.165, 1.54) is 70.6 Å². The number of nitrogens with one attached hydrogen (secondary N) is 1. The van der Waals surface area contributed by atoms with Crippen LogP contribution < -0.4 is 17.7 Å². The number of carbonyl (C=O) groups is 1. The molecule has 0 aromatic carbocycles. The molecule has 202 valence electrons. The first-order valence-corrected chi connectivity index (χ1v) is 14.5. The smallest absolute Gasteiger partial charge is 0.327 e. The Balaban J connectivity index is 0.00000578. The van der Waals surface area contributed by atoms with Crippen LogP contribution in [0.2, 0.25) is 0 Å². The van der Waals surface area contributed by atoms with Gasteiger partial charge in [0.25, 0.3) is 0 Å². The first kappa shape index (κ1) is 31.7. The molecule has 34 heavy (non-hydrogen) atoms. The highest BCUT2D eigenvalue weighted by atomic mass is 35.5. The molecule has 1 amide bonds. The first-order valence-electron chi connectivity index (χ1n) is 14.5. The van der Waals surface area contributed by atoms with Gasteiger partial charge in [0.05, 0.1) is 0 Å². The Morgan fingerprint density at radius 3 is 2.00 bits per heavy atom. The lowest BCUT2D eigenvalue weighted by molar-refractivity contribution is -0.936. The van der Waals surface area contributed by atoms with Gasteiger partial charge in [-0.05, 0) is 25.2 Å². The number of quaternary nitrogens is 1. The number of hydrogen-bond donors (Lipinski definition) is 1. The van der Waals surface area contributed by atoms with Crippen molar-refractivity contribution < 1.29 is 31.4 Å². The highest BCUT2D eigenvalue weighted by Crippen LogP contribution is 2.53. The minimum absolute atomic E-state index is 0. The van der Waals surface area contributed by atoms with E-state index in [1.54, 1.807) is 0 Å². The molecule has 0 aromatic rings. The molecule has 0 radical (unpaired) electrons. The molecule has 1 N–H and O–H groups in total. The summed E-state index contributed by atoms with van der Waals surface area (Å²) in [5.41, 5.74) is -0.341. The van der Waals surface area contributed by atoms with Crippen LogP contribution in [0.25, 0.3) is 0 Å². The summed E-state index contributed by atoms with van der Waals surface area (Å²) >= 11 is 0. The van der Waals surface area contributed by atoms with Crippen LogP contribution in [-0.4, -0.2) is 42.2 Å². The van der Waals surface area contributed by atoms with Crippen molar-refractivity contribution in [3.63, 3.8) is 0 Å². The Kier molecular flexibility index (Phi) is 16.0. The Hall–Kier alpha value is -0.360. The van der Waals surface area contributed by atoms with Crippen LogP contribution in [-0.2, 0) is 14.4 Å². The van der Waals surface area contributed by atoms with E-state index in [0.29, 0.717) is 17.7 Å². The van der Waals surface area contributed by atoms with Gasteiger partial charge in [0, 0.05) is 12.8 Å². The molecule has 0 bridgehead atoms. The van der Waals surface area contributed by atoms with Crippen molar-refractivity contribution in [2.24, 2.45) is 5.92 Å². The van der Waals surface area contributed by atoms with E-state index in [9.17, 15) is 4.79 Å². The van der Waals surface area contributed by atoms with Gasteiger partial charge in [-0.25, -0.2) is 0 Å². The Morgan fingerprint density at radius 1 is 0.912 bits per heavy atom. The lowest BCUT2D eigenvalue weighted by atomic mass is 10.0. The molecule has 2 aliphatic heterocycles. The van der Waals surface area contributed by atoms with E-state index in [4.69, 9.17) is 9.57 Å². The second-order valence-electron chi connectivity index (χ2n) is 11.0. The monoisotopic (exact) mass is 502 g/mol. The van der Waals surface area contributed by atoms with Crippen molar-refractivity contribution in [2.75, 3.05) is 19.7 Å². The molecular weight excluding hydrogens is 448 g/mol. The minimum atomic E-state index is -0.341. The normalized spacial score (nSPS) is 25.6. The lowest BCUT2D eigenvalue weighted by Gasteiger charge is -2.30. The molecule has 2 aliphatic rings. The van der Waals surface area contributed by atoms with Crippen LogP contribution in [0.3, 0.4) is 0 Å². The van der Waals surface area contributed by atoms with Crippen LogP contribution in [0.5, 0.6) is 0 Å². The van der Waals surface area contributed by atoms with Crippen molar-refractivity contribution >= 4 is 5.91 Å². The molecule has 3 atom stereocenters. The van der Waals surface area contributed by atoms with Crippen molar-refractivity contribution in [2.45, 2.75) is 149 Å². The Labute approximate surface area is 217 Å². The highest BCUT2D eigenvalue weighted by Gasteiger charge is 2.79. The number of nitrogens with zero attached hydrogens (tertiary/aromatic N) is 1. The molecule has 2 rings (SSSR count). The number of amides is 1. The number of hydroxylamine groups is 3. The van der Waals surface area contributed by atoms with Crippen molar-refractivity contribution in [1.82, 2.24) is 5.32 Å². The summed E-state index contributed by atoms with van der Waals surface area (Å²) in [5.74, 6) is 0.983. The van der Waals surface area contributed by atoms with E-state index in [0.717, 1.165) is 51.1 Å². The van der Waals surface area contributed by atoms with Gasteiger partial charge in [0.1, 0.15) is 19.7 Å². The summed E-state index contributed by atoms with van der Waals surface area (Å²) in [6, 6.07) is 0.